The minimum absolute atomic E-state index is 0.00147. The summed E-state index contributed by atoms with van der Waals surface area (Å²) >= 11 is 0. The lowest BCUT2D eigenvalue weighted by Crippen LogP contribution is -2.54. The number of amides is 4. The number of hydrogen-bond donors (Lipinski definition) is 1. The van der Waals surface area contributed by atoms with Crippen LogP contribution in [0.1, 0.15) is 52.4 Å². The predicted octanol–water partition coefficient (Wildman–Crippen LogP) is 2.22. The zero-order chi connectivity index (χ0) is 23.0. The van der Waals surface area contributed by atoms with Crippen LogP contribution in [0, 0.1) is 11.8 Å². The topological polar surface area (TPSA) is 96.0 Å². The molecule has 1 spiro atoms. The molecule has 3 aliphatic rings. The normalized spacial score (nSPS) is 27.3. The predicted molar refractivity (Wildman–Crippen MR) is 102 cm³/mol. The Morgan fingerprint density at radius 3 is 2.52 bits per heavy atom. The molecule has 0 radical (unpaired) electrons. The molecule has 8 nitrogen and oxygen atoms in total. The summed E-state index contributed by atoms with van der Waals surface area (Å²) in [6.07, 6.45) is -0.111. The first-order valence-corrected chi connectivity index (χ1v) is 10.6. The number of esters is 1. The number of rotatable bonds is 7. The van der Waals surface area contributed by atoms with Crippen LogP contribution in [0.3, 0.4) is 0 Å². The molecule has 0 aromatic heterocycles. The van der Waals surface area contributed by atoms with Gasteiger partial charge in [0.05, 0.1) is 0 Å². The van der Waals surface area contributed by atoms with E-state index < -0.39 is 61.3 Å². The first-order valence-electron chi connectivity index (χ1n) is 10.6. The van der Waals surface area contributed by atoms with E-state index in [9.17, 15) is 32.3 Å². The van der Waals surface area contributed by atoms with Crippen molar-refractivity contribution in [3.63, 3.8) is 0 Å². The van der Waals surface area contributed by atoms with Gasteiger partial charge < -0.3 is 15.0 Å². The van der Waals surface area contributed by atoms with Crippen molar-refractivity contribution >= 4 is 23.8 Å². The van der Waals surface area contributed by atoms with Crippen molar-refractivity contribution in [3.8, 4) is 0 Å². The summed E-state index contributed by atoms with van der Waals surface area (Å²) in [5, 5.41) is 2.70. The van der Waals surface area contributed by atoms with Gasteiger partial charge >= 0.3 is 18.2 Å². The van der Waals surface area contributed by atoms with Crippen LogP contribution >= 0.6 is 0 Å². The maximum Gasteiger partial charge on any atom is 0.406 e. The fraction of sp³-hybridized carbons (Fsp3) is 0.800. The second kappa shape index (κ2) is 8.66. The molecule has 174 valence electrons. The average Bonchev–Trinajstić information content (AvgIpc) is 3.50. The summed E-state index contributed by atoms with van der Waals surface area (Å²) in [4.78, 5) is 51.1. The summed E-state index contributed by atoms with van der Waals surface area (Å²) in [6.45, 7) is 0.421. The van der Waals surface area contributed by atoms with Gasteiger partial charge in [0.15, 0.2) is 6.61 Å². The number of nitrogens with one attached hydrogen (secondary N) is 1. The third kappa shape index (κ3) is 5.12. The molecule has 2 aliphatic carbocycles. The van der Waals surface area contributed by atoms with Gasteiger partial charge in [-0.05, 0) is 44.4 Å². The first kappa shape index (κ1) is 23.3. The number of alkyl halides is 3. The lowest BCUT2D eigenvalue weighted by atomic mass is 9.73. The number of carbonyl (C=O) groups is 4. The summed E-state index contributed by atoms with van der Waals surface area (Å²) in [5.41, 5.74) is -1.03. The Balaban J connectivity index is 1.57. The van der Waals surface area contributed by atoms with Crippen molar-refractivity contribution in [2.75, 3.05) is 19.7 Å². The molecule has 2 saturated carbocycles. The molecular formula is C20H28F3N3O5. The van der Waals surface area contributed by atoms with E-state index in [1.54, 1.807) is 6.92 Å². The molecule has 1 heterocycles. The van der Waals surface area contributed by atoms with Crippen molar-refractivity contribution in [2.24, 2.45) is 11.8 Å². The highest BCUT2D eigenvalue weighted by Crippen LogP contribution is 2.38. The van der Waals surface area contributed by atoms with Crippen LogP contribution < -0.4 is 5.32 Å². The number of imide groups is 1. The van der Waals surface area contributed by atoms with Crippen molar-refractivity contribution in [3.05, 3.63) is 0 Å². The van der Waals surface area contributed by atoms with Gasteiger partial charge in [0.1, 0.15) is 18.6 Å². The van der Waals surface area contributed by atoms with Crippen LogP contribution in [-0.4, -0.2) is 71.1 Å². The van der Waals surface area contributed by atoms with Crippen LogP contribution in [0.4, 0.5) is 18.0 Å². The summed E-state index contributed by atoms with van der Waals surface area (Å²) in [5.74, 6) is -2.57. The highest BCUT2D eigenvalue weighted by Gasteiger charge is 2.55. The Morgan fingerprint density at radius 2 is 1.94 bits per heavy atom. The zero-order valence-corrected chi connectivity index (χ0v) is 17.7. The van der Waals surface area contributed by atoms with E-state index >= 15 is 0 Å². The highest BCUT2D eigenvalue weighted by atomic mass is 19.4. The molecule has 0 aromatic carbocycles. The largest absolute Gasteiger partial charge is 0.454 e. The van der Waals surface area contributed by atoms with E-state index in [-0.39, 0.29) is 11.8 Å². The molecule has 0 unspecified atom stereocenters. The van der Waals surface area contributed by atoms with Crippen molar-refractivity contribution in [1.82, 2.24) is 15.1 Å². The Hall–Kier alpha value is -2.33. The second-order valence-corrected chi connectivity index (χ2v) is 8.82. The maximum atomic E-state index is 12.9. The van der Waals surface area contributed by atoms with E-state index in [1.807, 2.05) is 6.92 Å². The summed E-state index contributed by atoms with van der Waals surface area (Å²) in [7, 11) is 0. The smallest absolute Gasteiger partial charge is 0.406 e. The fourth-order valence-electron chi connectivity index (χ4n) is 4.52. The van der Waals surface area contributed by atoms with Crippen LogP contribution in [-0.2, 0) is 19.1 Å². The summed E-state index contributed by atoms with van der Waals surface area (Å²) < 4.78 is 43.5. The molecular weight excluding hydrogens is 419 g/mol. The number of nitrogens with zero attached hydrogens (tertiary/aromatic N) is 2. The molecule has 1 aliphatic heterocycles. The second-order valence-electron chi connectivity index (χ2n) is 8.82. The van der Waals surface area contributed by atoms with Crippen molar-refractivity contribution in [1.29, 1.82) is 0 Å². The molecule has 3 rings (SSSR count). The molecule has 0 bridgehead atoms. The van der Waals surface area contributed by atoms with Crippen LogP contribution in [0.2, 0.25) is 0 Å². The zero-order valence-electron chi connectivity index (χ0n) is 17.7. The van der Waals surface area contributed by atoms with E-state index in [4.69, 9.17) is 4.74 Å². The van der Waals surface area contributed by atoms with E-state index in [0.717, 1.165) is 37.0 Å². The van der Waals surface area contributed by atoms with Crippen molar-refractivity contribution < 1.29 is 37.1 Å². The number of halogens is 3. The van der Waals surface area contributed by atoms with Gasteiger partial charge in [-0.15, -0.1) is 0 Å². The van der Waals surface area contributed by atoms with Gasteiger partial charge in [-0.2, -0.15) is 13.2 Å². The van der Waals surface area contributed by atoms with Crippen LogP contribution in [0.25, 0.3) is 0 Å². The van der Waals surface area contributed by atoms with Gasteiger partial charge in [0, 0.05) is 6.04 Å². The quantitative estimate of drug-likeness (QED) is 0.477. The van der Waals surface area contributed by atoms with Gasteiger partial charge in [-0.3, -0.25) is 19.3 Å². The fourth-order valence-corrected chi connectivity index (χ4v) is 4.52. The Morgan fingerprint density at radius 1 is 1.26 bits per heavy atom. The number of urea groups is 1. The molecule has 31 heavy (non-hydrogen) atoms. The lowest BCUT2D eigenvalue weighted by molar-refractivity contribution is -0.171. The third-order valence-corrected chi connectivity index (χ3v) is 6.61. The minimum atomic E-state index is -4.58. The third-order valence-electron chi connectivity index (χ3n) is 6.61. The van der Waals surface area contributed by atoms with E-state index in [0.29, 0.717) is 11.3 Å². The molecule has 3 fully saturated rings. The van der Waals surface area contributed by atoms with Crippen molar-refractivity contribution in [2.45, 2.75) is 70.1 Å². The monoisotopic (exact) mass is 447 g/mol. The molecule has 4 amide bonds. The van der Waals surface area contributed by atoms with Gasteiger partial charge in [0.25, 0.3) is 11.8 Å². The first-order chi connectivity index (χ1) is 14.4. The van der Waals surface area contributed by atoms with Gasteiger partial charge in [0.2, 0.25) is 0 Å². The number of ether oxygens (including phenoxy) is 1. The van der Waals surface area contributed by atoms with E-state index in [1.165, 1.54) is 0 Å². The molecule has 3 atom stereocenters. The molecule has 1 N–H and O–H groups in total. The number of hydrogen-bond acceptors (Lipinski definition) is 5. The van der Waals surface area contributed by atoms with E-state index in [2.05, 4.69) is 5.32 Å². The van der Waals surface area contributed by atoms with Gasteiger partial charge in [-0.25, -0.2) is 4.79 Å². The number of carbonyl (C=O) groups excluding carboxylic acids is 4. The standard InChI is InChI=1S/C20H28F3N3O5/c1-12-5-3-4-8-19(12)17(29)25(18(30)24-19)9-16(28)31-10-15(27)26(11-20(21,22)23)13(2)14-6-7-14/h12-14H,3-11H2,1-2H3,(H,24,30)/t12-,13-,19+/m1/s1. The maximum absolute atomic E-state index is 12.9. The van der Waals surface area contributed by atoms with Gasteiger partial charge in [-0.1, -0.05) is 19.8 Å². The summed E-state index contributed by atoms with van der Waals surface area (Å²) in [6, 6.07) is -1.32. The van der Waals surface area contributed by atoms with Crippen LogP contribution in [0.5, 0.6) is 0 Å². The SMILES string of the molecule is C[C@H](C1CC1)N(CC(F)(F)F)C(=O)COC(=O)CN1C(=O)N[C@]2(CCCC[C@H]2C)C1=O. The Kier molecular flexibility index (Phi) is 6.52. The molecule has 11 heteroatoms. The van der Waals surface area contributed by atoms with Crippen LogP contribution in [0.15, 0.2) is 0 Å². The average molecular weight is 447 g/mol. The minimum Gasteiger partial charge on any atom is -0.454 e. The Labute approximate surface area is 178 Å². The Bertz CT molecular complexity index is 755. The highest BCUT2D eigenvalue weighted by molar-refractivity contribution is 6.09. The molecule has 1 saturated heterocycles. The lowest BCUT2D eigenvalue weighted by Gasteiger charge is -2.36. The molecule has 0 aromatic rings.